The number of nitrogens with one attached hydrogen (secondary N) is 1. The number of carbonyl (C=O) groups excluding carboxylic acids is 1. The van der Waals surface area contributed by atoms with Gasteiger partial charge in [0.05, 0.1) is 21.8 Å². The molecule has 0 aliphatic carbocycles. The van der Waals surface area contributed by atoms with Crippen molar-refractivity contribution in [2.75, 3.05) is 5.32 Å². The Labute approximate surface area is 124 Å². The van der Waals surface area contributed by atoms with Gasteiger partial charge in [0, 0.05) is 17.4 Å². The molecule has 0 saturated heterocycles. The summed E-state index contributed by atoms with van der Waals surface area (Å²) in [4.78, 5) is 27.0. The van der Waals surface area contributed by atoms with Gasteiger partial charge in [-0.3, -0.25) is 9.78 Å². The van der Waals surface area contributed by atoms with Crippen molar-refractivity contribution in [3.63, 3.8) is 0 Å². The van der Waals surface area contributed by atoms with Crippen LogP contribution < -0.4 is 5.32 Å². The smallest absolute Gasteiger partial charge is 0.337 e. The number of aromatic carboxylic acids is 1. The van der Waals surface area contributed by atoms with E-state index >= 15 is 0 Å². The molecule has 0 saturated carbocycles. The highest BCUT2D eigenvalue weighted by Crippen LogP contribution is 2.30. The molecule has 1 aromatic heterocycles. The Kier molecular flexibility index (Phi) is 4.22. The third-order valence-corrected chi connectivity index (χ3v) is 2.96. The van der Waals surface area contributed by atoms with Crippen LogP contribution in [0.4, 0.5) is 5.69 Å². The van der Waals surface area contributed by atoms with Crippen LogP contribution in [0.15, 0.2) is 36.7 Å². The van der Waals surface area contributed by atoms with E-state index in [9.17, 15) is 9.59 Å². The van der Waals surface area contributed by atoms with Crippen molar-refractivity contribution in [2.24, 2.45) is 0 Å². The van der Waals surface area contributed by atoms with Gasteiger partial charge in [-0.2, -0.15) is 0 Å². The van der Waals surface area contributed by atoms with Gasteiger partial charge in [-0.15, -0.1) is 0 Å². The highest BCUT2D eigenvalue weighted by atomic mass is 35.5. The molecule has 0 bridgehead atoms. The van der Waals surface area contributed by atoms with Gasteiger partial charge in [-0.25, -0.2) is 4.79 Å². The average molecular weight is 311 g/mol. The first-order valence-electron chi connectivity index (χ1n) is 5.42. The van der Waals surface area contributed by atoms with Gasteiger partial charge < -0.3 is 10.4 Å². The molecule has 20 heavy (non-hydrogen) atoms. The molecule has 0 fully saturated rings. The lowest BCUT2D eigenvalue weighted by atomic mass is 10.1. The standard InChI is InChI=1S/C13H8Cl2N2O3/c14-8-4-9(13(19)20)11(10(15)5-8)17-12(18)7-2-1-3-16-6-7/h1-6H,(H,17,18)(H,19,20). The number of pyridine rings is 1. The molecule has 0 aliphatic rings. The Bertz CT molecular complexity index is 675. The molecule has 0 radical (unpaired) electrons. The van der Waals surface area contributed by atoms with Gasteiger partial charge >= 0.3 is 5.97 Å². The quantitative estimate of drug-likeness (QED) is 0.911. The SMILES string of the molecule is O=C(Nc1c(Cl)cc(Cl)cc1C(=O)O)c1cccnc1. The summed E-state index contributed by atoms with van der Waals surface area (Å²) in [5, 5.41) is 11.8. The molecule has 2 N–H and O–H groups in total. The molecule has 1 heterocycles. The molecule has 7 heteroatoms. The molecule has 1 amide bonds. The number of aromatic nitrogens is 1. The zero-order valence-corrected chi connectivity index (χ0v) is 11.4. The van der Waals surface area contributed by atoms with E-state index in [0.29, 0.717) is 0 Å². The number of hydrogen-bond acceptors (Lipinski definition) is 3. The number of halogens is 2. The number of carboxylic acid groups (broad SMARTS) is 1. The summed E-state index contributed by atoms with van der Waals surface area (Å²) in [5.74, 6) is -1.75. The van der Waals surface area contributed by atoms with E-state index in [1.165, 1.54) is 24.5 Å². The fraction of sp³-hybridized carbons (Fsp3) is 0. The number of nitrogens with zero attached hydrogens (tertiary/aromatic N) is 1. The van der Waals surface area contributed by atoms with Crippen LogP contribution in [-0.4, -0.2) is 22.0 Å². The largest absolute Gasteiger partial charge is 0.478 e. The van der Waals surface area contributed by atoms with Crippen LogP contribution in [0.3, 0.4) is 0 Å². The highest BCUT2D eigenvalue weighted by Gasteiger charge is 2.18. The summed E-state index contributed by atoms with van der Waals surface area (Å²) >= 11 is 11.7. The van der Waals surface area contributed by atoms with Crippen molar-refractivity contribution < 1.29 is 14.7 Å². The van der Waals surface area contributed by atoms with E-state index in [1.807, 2.05) is 0 Å². The molecule has 0 unspecified atom stereocenters. The van der Waals surface area contributed by atoms with E-state index in [0.717, 1.165) is 0 Å². The minimum absolute atomic E-state index is 0.00239. The predicted octanol–water partition coefficient (Wildman–Crippen LogP) is 3.34. The maximum Gasteiger partial charge on any atom is 0.337 e. The zero-order valence-electron chi connectivity index (χ0n) is 9.93. The van der Waals surface area contributed by atoms with Crippen molar-refractivity contribution in [1.29, 1.82) is 0 Å². The van der Waals surface area contributed by atoms with Crippen LogP contribution in [0.1, 0.15) is 20.7 Å². The van der Waals surface area contributed by atoms with Crippen molar-refractivity contribution >= 4 is 40.8 Å². The maximum atomic E-state index is 12.0. The second kappa shape index (κ2) is 5.90. The van der Waals surface area contributed by atoms with Crippen molar-refractivity contribution in [2.45, 2.75) is 0 Å². The first kappa shape index (κ1) is 14.3. The average Bonchev–Trinajstić information content (AvgIpc) is 2.42. The third kappa shape index (κ3) is 3.07. The van der Waals surface area contributed by atoms with Gasteiger partial charge in [0.2, 0.25) is 0 Å². The summed E-state index contributed by atoms with van der Waals surface area (Å²) in [5.41, 5.74) is 0.104. The van der Waals surface area contributed by atoms with E-state index < -0.39 is 11.9 Å². The Morgan fingerprint density at radius 3 is 2.60 bits per heavy atom. The molecule has 0 aliphatic heterocycles. The molecule has 5 nitrogen and oxygen atoms in total. The fourth-order valence-electron chi connectivity index (χ4n) is 1.55. The highest BCUT2D eigenvalue weighted by molar-refractivity contribution is 6.38. The van der Waals surface area contributed by atoms with Crippen LogP contribution in [0.25, 0.3) is 0 Å². The topological polar surface area (TPSA) is 79.3 Å². The van der Waals surface area contributed by atoms with Gasteiger partial charge in [0.25, 0.3) is 5.91 Å². The predicted molar refractivity (Wildman–Crippen MR) is 75.6 cm³/mol. The van der Waals surface area contributed by atoms with Gasteiger partial charge in [0.15, 0.2) is 0 Å². The Hall–Kier alpha value is -2.11. The lowest BCUT2D eigenvalue weighted by molar-refractivity contribution is 0.0698. The lowest BCUT2D eigenvalue weighted by Gasteiger charge is -2.11. The number of hydrogen-bond donors (Lipinski definition) is 2. The summed E-state index contributed by atoms with van der Waals surface area (Å²) in [7, 11) is 0. The first-order valence-corrected chi connectivity index (χ1v) is 6.18. The molecule has 2 aromatic rings. The monoisotopic (exact) mass is 310 g/mol. The molecule has 0 atom stereocenters. The maximum absolute atomic E-state index is 12.0. The number of amides is 1. The molecule has 2 rings (SSSR count). The van der Waals surface area contributed by atoms with Crippen LogP contribution >= 0.6 is 23.2 Å². The van der Waals surface area contributed by atoms with Crippen LogP contribution in [-0.2, 0) is 0 Å². The second-order valence-corrected chi connectivity index (χ2v) is 4.65. The molecule has 0 spiro atoms. The first-order chi connectivity index (χ1) is 9.49. The number of benzene rings is 1. The normalized spacial score (nSPS) is 10.1. The summed E-state index contributed by atoms with van der Waals surface area (Å²) in [6.07, 6.45) is 2.88. The third-order valence-electron chi connectivity index (χ3n) is 2.45. The summed E-state index contributed by atoms with van der Waals surface area (Å²) < 4.78 is 0. The summed E-state index contributed by atoms with van der Waals surface area (Å²) in [6, 6.07) is 5.71. The number of carboxylic acids is 1. The Morgan fingerprint density at radius 2 is 2.00 bits per heavy atom. The summed E-state index contributed by atoms with van der Waals surface area (Å²) in [6.45, 7) is 0. The van der Waals surface area contributed by atoms with Crippen molar-refractivity contribution in [3.05, 3.63) is 57.8 Å². The van der Waals surface area contributed by atoms with Gasteiger partial charge in [-0.05, 0) is 24.3 Å². The Balaban J connectivity index is 2.39. The van der Waals surface area contributed by atoms with E-state index in [1.54, 1.807) is 12.1 Å². The van der Waals surface area contributed by atoms with Crippen LogP contribution in [0.5, 0.6) is 0 Å². The zero-order chi connectivity index (χ0) is 14.7. The van der Waals surface area contributed by atoms with E-state index in [-0.39, 0.29) is 26.9 Å². The van der Waals surface area contributed by atoms with E-state index in [2.05, 4.69) is 10.3 Å². The number of carbonyl (C=O) groups is 2. The van der Waals surface area contributed by atoms with Crippen molar-refractivity contribution in [1.82, 2.24) is 4.98 Å². The molecule has 1 aromatic carbocycles. The van der Waals surface area contributed by atoms with Crippen LogP contribution in [0.2, 0.25) is 10.0 Å². The van der Waals surface area contributed by atoms with E-state index in [4.69, 9.17) is 28.3 Å². The van der Waals surface area contributed by atoms with Gasteiger partial charge in [-0.1, -0.05) is 23.2 Å². The minimum Gasteiger partial charge on any atom is -0.478 e. The lowest BCUT2D eigenvalue weighted by Crippen LogP contribution is -2.15. The second-order valence-electron chi connectivity index (χ2n) is 3.81. The fourth-order valence-corrected chi connectivity index (χ4v) is 2.09. The number of anilines is 1. The Morgan fingerprint density at radius 1 is 1.25 bits per heavy atom. The molecular formula is C13H8Cl2N2O3. The van der Waals surface area contributed by atoms with Crippen molar-refractivity contribution in [3.8, 4) is 0 Å². The van der Waals surface area contributed by atoms with Gasteiger partial charge in [0.1, 0.15) is 0 Å². The molecular weight excluding hydrogens is 303 g/mol. The molecule has 102 valence electrons. The minimum atomic E-state index is -1.24. The number of rotatable bonds is 3. The van der Waals surface area contributed by atoms with Crippen LogP contribution in [0, 0.1) is 0 Å².